The van der Waals surface area contributed by atoms with Crippen LogP contribution < -0.4 is 11.1 Å². The molecular weight excluding hydrogens is 254 g/mol. The van der Waals surface area contributed by atoms with Gasteiger partial charge in [-0.3, -0.25) is 4.79 Å². The van der Waals surface area contributed by atoms with Crippen LogP contribution in [0, 0.1) is 0 Å². The molecule has 18 heavy (non-hydrogen) atoms. The van der Waals surface area contributed by atoms with Crippen molar-refractivity contribution >= 4 is 23.2 Å². The molecule has 0 fully saturated rings. The summed E-state index contributed by atoms with van der Waals surface area (Å²) in [5.41, 5.74) is 6.11. The number of aromatic nitrogens is 1. The molecular formula is C11H17N3O3S. The van der Waals surface area contributed by atoms with Gasteiger partial charge in [-0.2, -0.15) is 0 Å². The van der Waals surface area contributed by atoms with Crippen molar-refractivity contribution in [3.05, 3.63) is 16.1 Å². The van der Waals surface area contributed by atoms with Gasteiger partial charge in [-0.25, -0.2) is 9.78 Å². The number of nitrogens with two attached hydrogens (primary N) is 1. The van der Waals surface area contributed by atoms with Crippen molar-refractivity contribution in [2.24, 2.45) is 5.73 Å². The Labute approximate surface area is 110 Å². The Bertz CT molecular complexity index is 419. The van der Waals surface area contributed by atoms with Crippen LogP contribution in [0.3, 0.4) is 0 Å². The SMILES string of the molecule is COC(=O)C(C)NC(=O)Cc1csc(CCN)n1. The number of nitrogens with zero attached hydrogens (tertiary/aromatic N) is 1. The van der Waals surface area contributed by atoms with Crippen LogP contribution in [-0.4, -0.2) is 36.6 Å². The molecule has 0 aromatic carbocycles. The van der Waals surface area contributed by atoms with Crippen molar-refractivity contribution in [1.29, 1.82) is 0 Å². The van der Waals surface area contributed by atoms with Gasteiger partial charge in [-0.05, 0) is 13.5 Å². The van der Waals surface area contributed by atoms with E-state index in [4.69, 9.17) is 5.73 Å². The zero-order valence-corrected chi connectivity index (χ0v) is 11.3. The minimum absolute atomic E-state index is 0.155. The maximum atomic E-state index is 11.6. The van der Waals surface area contributed by atoms with Gasteiger partial charge in [-0.15, -0.1) is 11.3 Å². The highest BCUT2D eigenvalue weighted by atomic mass is 32.1. The number of hydrogen-bond donors (Lipinski definition) is 2. The summed E-state index contributed by atoms with van der Waals surface area (Å²) in [4.78, 5) is 27.0. The molecule has 0 aliphatic carbocycles. The Morgan fingerprint density at radius 2 is 2.33 bits per heavy atom. The van der Waals surface area contributed by atoms with Gasteiger partial charge in [0.1, 0.15) is 6.04 Å². The van der Waals surface area contributed by atoms with Gasteiger partial charge < -0.3 is 15.8 Å². The van der Waals surface area contributed by atoms with E-state index in [1.807, 2.05) is 5.38 Å². The second-order valence-corrected chi connectivity index (χ2v) is 4.70. The molecule has 1 heterocycles. The largest absolute Gasteiger partial charge is 0.467 e. The Balaban J connectivity index is 2.46. The minimum atomic E-state index is -0.648. The zero-order chi connectivity index (χ0) is 13.5. The summed E-state index contributed by atoms with van der Waals surface area (Å²) in [5.74, 6) is -0.719. The maximum absolute atomic E-state index is 11.6. The molecule has 3 N–H and O–H groups in total. The fraction of sp³-hybridized carbons (Fsp3) is 0.545. The molecule has 0 aliphatic rings. The predicted molar refractivity (Wildman–Crippen MR) is 68.2 cm³/mol. The number of hydrogen-bond acceptors (Lipinski definition) is 6. The van der Waals surface area contributed by atoms with Crippen LogP contribution >= 0.6 is 11.3 Å². The number of thiazole rings is 1. The number of amides is 1. The first kappa shape index (κ1) is 14.6. The first-order valence-electron chi connectivity index (χ1n) is 5.57. The third kappa shape index (κ3) is 4.42. The standard InChI is InChI=1S/C11H17N3O3S/c1-7(11(16)17-2)13-9(15)5-8-6-18-10(14-8)3-4-12/h6-7H,3-5,12H2,1-2H3,(H,13,15). The molecule has 0 spiro atoms. The number of esters is 1. The summed E-state index contributed by atoms with van der Waals surface area (Å²) in [7, 11) is 1.28. The molecule has 1 amide bonds. The maximum Gasteiger partial charge on any atom is 0.328 e. The summed E-state index contributed by atoms with van der Waals surface area (Å²) >= 11 is 1.48. The third-order valence-corrected chi connectivity index (χ3v) is 3.19. The van der Waals surface area contributed by atoms with Gasteiger partial charge in [0.2, 0.25) is 5.91 Å². The summed E-state index contributed by atoms with van der Waals surface area (Å²) < 4.78 is 4.52. The van der Waals surface area contributed by atoms with Crippen LogP contribution in [0.15, 0.2) is 5.38 Å². The van der Waals surface area contributed by atoms with E-state index in [0.29, 0.717) is 18.7 Å². The van der Waals surface area contributed by atoms with Crippen LogP contribution in [0.5, 0.6) is 0 Å². The van der Waals surface area contributed by atoms with Crippen LogP contribution in [0.25, 0.3) is 0 Å². The summed E-state index contributed by atoms with van der Waals surface area (Å²) in [6.45, 7) is 2.11. The minimum Gasteiger partial charge on any atom is -0.467 e. The van der Waals surface area contributed by atoms with E-state index < -0.39 is 12.0 Å². The van der Waals surface area contributed by atoms with Crippen molar-refractivity contribution in [3.63, 3.8) is 0 Å². The molecule has 0 aliphatic heterocycles. The number of nitrogens with one attached hydrogen (secondary N) is 1. The highest BCUT2D eigenvalue weighted by molar-refractivity contribution is 7.09. The van der Waals surface area contributed by atoms with E-state index in [2.05, 4.69) is 15.0 Å². The molecule has 1 unspecified atom stereocenters. The molecule has 0 saturated heterocycles. The third-order valence-electron chi connectivity index (χ3n) is 2.23. The number of ether oxygens (including phenoxy) is 1. The molecule has 0 radical (unpaired) electrons. The molecule has 0 bridgehead atoms. The smallest absolute Gasteiger partial charge is 0.328 e. The van der Waals surface area contributed by atoms with Crippen molar-refractivity contribution < 1.29 is 14.3 Å². The lowest BCUT2D eigenvalue weighted by atomic mass is 10.3. The molecule has 7 heteroatoms. The summed E-state index contributed by atoms with van der Waals surface area (Å²) in [5, 5.41) is 5.29. The van der Waals surface area contributed by atoms with Crippen molar-refractivity contribution in [1.82, 2.24) is 10.3 Å². The lowest BCUT2D eigenvalue weighted by Crippen LogP contribution is -2.39. The van der Waals surface area contributed by atoms with Gasteiger partial charge >= 0.3 is 5.97 Å². The number of carbonyl (C=O) groups is 2. The highest BCUT2D eigenvalue weighted by Crippen LogP contribution is 2.10. The molecule has 1 aromatic rings. The lowest BCUT2D eigenvalue weighted by molar-refractivity contribution is -0.144. The normalized spacial score (nSPS) is 11.9. The first-order chi connectivity index (χ1) is 8.56. The second-order valence-electron chi connectivity index (χ2n) is 3.76. The lowest BCUT2D eigenvalue weighted by Gasteiger charge is -2.10. The van der Waals surface area contributed by atoms with Gasteiger partial charge in [0, 0.05) is 11.8 Å². The van der Waals surface area contributed by atoms with Gasteiger partial charge in [0.15, 0.2) is 0 Å². The zero-order valence-electron chi connectivity index (χ0n) is 10.4. The molecule has 0 saturated carbocycles. The van der Waals surface area contributed by atoms with E-state index in [1.54, 1.807) is 6.92 Å². The average Bonchev–Trinajstić information content (AvgIpc) is 2.75. The predicted octanol–water partition coefficient (Wildman–Crippen LogP) is -0.135. The number of methoxy groups -OCH3 is 1. The highest BCUT2D eigenvalue weighted by Gasteiger charge is 2.16. The van der Waals surface area contributed by atoms with Crippen LogP contribution in [0.4, 0.5) is 0 Å². The van der Waals surface area contributed by atoms with E-state index >= 15 is 0 Å². The van der Waals surface area contributed by atoms with Crippen LogP contribution in [0.1, 0.15) is 17.6 Å². The van der Waals surface area contributed by atoms with E-state index in [1.165, 1.54) is 18.4 Å². The van der Waals surface area contributed by atoms with Crippen molar-refractivity contribution in [2.45, 2.75) is 25.8 Å². The number of rotatable bonds is 6. The van der Waals surface area contributed by atoms with Gasteiger partial charge in [-0.1, -0.05) is 0 Å². The van der Waals surface area contributed by atoms with Gasteiger partial charge in [0.25, 0.3) is 0 Å². The molecule has 1 aromatic heterocycles. The monoisotopic (exact) mass is 271 g/mol. The van der Waals surface area contributed by atoms with Crippen LogP contribution in [-0.2, 0) is 27.2 Å². The Morgan fingerprint density at radius 1 is 1.61 bits per heavy atom. The Hall–Kier alpha value is -1.47. The number of carbonyl (C=O) groups excluding carboxylic acids is 2. The van der Waals surface area contributed by atoms with Crippen molar-refractivity contribution in [2.75, 3.05) is 13.7 Å². The van der Waals surface area contributed by atoms with E-state index in [-0.39, 0.29) is 12.3 Å². The fourth-order valence-corrected chi connectivity index (χ4v) is 2.17. The molecule has 100 valence electrons. The average molecular weight is 271 g/mol. The molecule has 1 rings (SSSR count). The molecule has 1 atom stereocenters. The fourth-order valence-electron chi connectivity index (χ4n) is 1.36. The van der Waals surface area contributed by atoms with Gasteiger partial charge in [0.05, 0.1) is 24.2 Å². The molecule has 6 nitrogen and oxygen atoms in total. The van der Waals surface area contributed by atoms with Crippen molar-refractivity contribution in [3.8, 4) is 0 Å². The topological polar surface area (TPSA) is 94.3 Å². The van der Waals surface area contributed by atoms with E-state index in [0.717, 1.165) is 5.01 Å². The van der Waals surface area contributed by atoms with Crippen LogP contribution in [0.2, 0.25) is 0 Å². The van der Waals surface area contributed by atoms with E-state index in [9.17, 15) is 9.59 Å². The summed E-state index contributed by atoms with van der Waals surface area (Å²) in [6, 6.07) is -0.648. The first-order valence-corrected chi connectivity index (χ1v) is 6.45. The second kappa shape index (κ2) is 7.07. The Kier molecular flexibility index (Phi) is 5.73. The quantitative estimate of drug-likeness (QED) is 0.703. The Morgan fingerprint density at radius 3 is 2.94 bits per heavy atom. The summed E-state index contributed by atoms with van der Waals surface area (Å²) in [6.07, 6.45) is 0.868.